The van der Waals surface area contributed by atoms with Crippen LogP contribution in [0.4, 0.5) is 0 Å². The van der Waals surface area contributed by atoms with Gasteiger partial charge in [-0.3, -0.25) is 4.79 Å². The Bertz CT molecular complexity index is 1190. The highest BCUT2D eigenvalue weighted by molar-refractivity contribution is 6.48. The largest absolute Gasteiger partial charge is 0.496 e. The van der Waals surface area contributed by atoms with Gasteiger partial charge in [0, 0.05) is 4.91 Å². The van der Waals surface area contributed by atoms with Crippen molar-refractivity contribution < 1.29 is 28.4 Å². The molecule has 3 saturated carbocycles. The van der Waals surface area contributed by atoms with Crippen LogP contribution in [-0.2, 0) is 25.3 Å². The highest BCUT2D eigenvalue weighted by atomic mass is 16.7. The third-order valence-corrected chi connectivity index (χ3v) is 8.82. The minimum atomic E-state index is -1.33. The van der Waals surface area contributed by atoms with Crippen LogP contribution in [0.25, 0.3) is 10.4 Å². The summed E-state index contributed by atoms with van der Waals surface area (Å²) in [5, 5.41) is 6.69. The van der Waals surface area contributed by atoms with Crippen molar-refractivity contribution in [3.8, 4) is 5.75 Å². The van der Waals surface area contributed by atoms with Crippen LogP contribution < -0.4 is 10.1 Å². The molecule has 4 aliphatic rings. The molecule has 0 radical (unpaired) electrons. The van der Waals surface area contributed by atoms with E-state index in [0.29, 0.717) is 28.7 Å². The third-order valence-electron chi connectivity index (χ3n) is 8.82. The van der Waals surface area contributed by atoms with E-state index in [1.54, 1.807) is 46.8 Å². The first-order valence-electron chi connectivity index (χ1n) is 13.6. The molecule has 1 saturated heterocycles. The molecule has 2 bridgehead atoms. The summed E-state index contributed by atoms with van der Waals surface area (Å²) in [5.74, 6) is -0.309. The maximum atomic E-state index is 13.3. The molecule has 0 spiro atoms. The van der Waals surface area contributed by atoms with Gasteiger partial charge in [-0.05, 0) is 95.2 Å². The first kappa shape index (κ1) is 29.2. The average molecular weight is 540 g/mol. The summed E-state index contributed by atoms with van der Waals surface area (Å²) in [6.07, 6.45) is 2.17. The number of azide groups is 1. The molecule has 10 nitrogen and oxygen atoms in total. The molecule has 4 fully saturated rings. The highest BCUT2D eigenvalue weighted by Gasteiger charge is 2.68. The number of ether oxygens (including phenoxy) is 2. The number of hydrogen-bond acceptors (Lipinski definition) is 7. The molecule has 5 atom stereocenters. The lowest BCUT2D eigenvalue weighted by molar-refractivity contribution is -0.199. The number of nitrogens with one attached hydrogen (secondary N) is 1. The Morgan fingerprint density at radius 3 is 2.51 bits per heavy atom. The van der Waals surface area contributed by atoms with E-state index in [-0.39, 0.29) is 17.9 Å². The van der Waals surface area contributed by atoms with Crippen molar-refractivity contribution in [1.82, 2.24) is 5.32 Å². The minimum absolute atomic E-state index is 0.0844. The first-order valence-corrected chi connectivity index (χ1v) is 13.6. The number of nitrogens with zero attached hydrogens (tertiary/aromatic N) is 3. The summed E-state index contributed by atoms with van der Waals surface area (Å²) in [5.41, 5.74) is 7.65. The number of benzene rings is 1. The average Bonchev–Trinajstić information content (AvgIpc) is 3.19. The van der Waals surface area contributed by atoms with Crippen LogP contribution in [0.2, 0.25) is 0 Å². The van der Waals surface area contributed by atoms with Crippen LogP contribution in [-0.4, -0.2) is 54.9 Å². The van der Waals surface area contributed by atoms with E-state index < -0.39 is 41.7 Å². The van der Waals surface area contributed by atoms with E-state index in [4.69, 9.17) is 24.3 Å². The van der Waals surface area contributed by atoms with Crippen molar-refractivity contribution in [3.63, 3.8) is 0 Å². The van der Waals surface area contributed by atoms with Crippen molar-refractivity contribution >= 4 is 19.0 Å². The SMILES string of the molecule is COc1c(C[C@H](NC(=O)C(C)(C)N=[N+]=[N-])B2O[C@@H]3C[C@@H]4C[C@@H](C4(C)C)[C@]3(C)O2)cccc1C(=O)OC(C)(C)C. The number of para-hydroxylation sites is 1. The molecule has 0 aromatic heterocycles. The summed E-state index contributed by atoms with van der Waals surface area (Å²) in [4.78, 5) is 29.1. The van der Waals surface area contributed by atoms with Crippen molar-refractivity contribution in [2.45, 2.75) is 103 Å². The van der Waals surface area contributed by atoms with Crippen LogP contribution in [0.3, 0.4) is 0 Å². The number of rotatable bonds is 8. The van der Waals surface area contributed by atoms with Gasteiger partial charge in [0.05, 0.1) is 24.8 Å². The Hall–Kier alpha value is -2.75. The Morgan fingerprint density at radius 1 is 1.23 bits per heavy atom. The van der Waals surface area contributed by atoms with Gasteiger partial charge in [0.15, 0.2) is 0 Å². The van der Waals surface area contributed by atoms with Crippen molar-refractivity contribution in [1.29, 1.82) is 0 Å². The molecule has 1 N–H and O–H groups in total. The number of esters is 1. The Morgan fingerprint density at radius 2 is 1.92 bits per heavy atom. The smallest absolute Gasteiger partial charge is 0.482 e. The summed E-state index contributed by atoms with van der Waals surface area (Å²) in [6.45, 7) is 15.2. The number of amides is 1. The Labute approximate surface area is 231 Å². The van der Waals surface area contributed by atoms with E-state index in [9.17, 15) is 9.59 Å². The van der Waals surface area contributed by atoms with Crippen LogP contribution in [0.15, 0.2) is 23.3 Å². The fourth-order valence-corrected chi connectivity index (χ4v) is 6.51. The Balaban J connectivity index is 1.66. The van der Waals surface area contributed by atoms with Gasteiger partial charge >= 0.3 is 13.1 Å². The molecule has 39 heavy (non-hydrogen) atoms. The van der Waals surface area contributed by atoms with Crippen molar-refractivity contribution in [2.75, 3.05) is 7.11 Å². The van der Waals surface area contributed by atoms with Gasteiger partial charge < -0.3 is 24.1 Å². The summed E-state index contributed by atoms with van der Waals surface area (Å²) < 4.78 is 24.5. The van der Waals surface area contributed by atoms with Gasteiger partial charge in [-0.15, -0.1) is 0 Å². The number of carbonyl (C=O) groups excluding carboxylic acids is 2. The van der Waals surface area contributed by atoms with E-state index in [1.165, 1.54) is 7.11 Å². The fraction of sp³-hybridized carbons (Fsp3) is 0.714. The Kier molecular flexibility index (Phi) is 7.51. The molecular formula is C28H41BN4O6. The second-order valence-corrected chi connectivity index (χ2v) is 13.4. The van der Waals surface area contributed by atoms with Gasteiger partial charge in [-0.2, -0.15) is 0 Å². The molecule has 5 rings (SSSR count). The molecule has 1 aliphatic heterocycles. The van der Waals surface area contributed by atoms with Gasteiger partial charge in [0.25, 0.3) is 0 Å². The zero-order chi connectivity index (χ0) is 29.0. The maximum absolute atomic E-state index is 13.3. The number of carbonyl (C=O) groups is 2. The molecule has 1 aromatic carbocycles. The lowest BCUT2D eigenvalue weighted by Crippen LogP contribution is -2.65. The quantitative estimate of drug-likeness (QED) is 0.162. The van der Waals surface area contributed by atoms with Crippen LogP contribution >= 0.6 is 0 Å². The molecule has 1 amide bonds. The lowest BCUT2D eigenvalue weighted by Gasteiger charge is -2.64. The van der Waals surface area contributed by atoms with Crippen LogP contribution in [0.5, 0.6) is 5.75 Å². The second-order valence-electron chi connectivity index (χ2n) is 13.4. The monoisotopic (exact) mass is 540 g/mol. The molecule has 3 aliphatic carbocycles. The van der Waals surface area contributed by atoms with E-state index in [1.807, 2.05) is 6.07 Å². The topological polar surface area (TPSA) is 132 Å². The van der Waals surface area contributed by atoms with Gasteiger partial charge in [0.2, 0.25) is 5.91 Å². The van der Waals surface area contributed by atoms with Crippen LogP contribution in [0, 0.1) is 17.3 Å². The number of hydrogen-bond donors (Lipinski definition) is 1. The molecular weight excluding hydrogens is 499 g/mol. The van der Waals surface area contributed by atoms with Crippen molar-refractivity contribution in [2.24, 2.45) is 22.4 Å². The fourth-order valence-electron chi connectivity index (χ4n) is 6.51. The number of methoxy groups -OCH3 is 1. The predicted octanol–water partition coefficient (Wildman–Crippen LogP) is 5.03. The maximum Gasteiger partial charge on any atom is 0.482 e. The lowest BCUT2D eigenvalue weighted by atomic mass is 9.43. The molecule has 212 valence electrons. The molecule has 11 heteroatoms. The minimum Gasteiger partial charge on any atom is -0.496 e. The first-order chi connectivity index (χ1) is 18.0. The van der Waals surface area contributed by atoms with Gasteiger partial charge in [-0.25, -0.2) is 4.79 Å². The van der Waals surface area contributed by atoms with E-state index in [0.717, 1.165) is 12.8 Å². The summed E-state index contributed by atoms with van der Waals surface area (Å²) in [6, 6.07) is 5.26. The third kappa shape index (κ3) is 5.36. The van der Waals surface area contributed by atoms with E-state index >= 15 is 0 Å². The van der Waals surface area contributed by atoms with Crippen LogP contribution in [0.1, 0.15) is 84.2 Å². The predicted molar refractivity (Wildman–Crippen MR) is 147 cm³/mol. The van der Waals surface area contributed by atoms with Gasteiger partial charge in [-0.1, -0.05) is 31.1 Å². The zero-order valence-corrected chi connectivity index (χ0v) is 24.5. The van der Waals surface area contributed by atoms with E-state index in [2.05, 4.69) is 36.1 Å². The molecule has 1 aromatic rings. The highest BCUT2D eigenvalue weighted by Crippen LogP contribution is 2.65. The summed E-state index contributed by atoms with van der Waals surface area (Å²) >= 11 is 0. The normalized spacial score (nSPS) is 27.9. The molecule has 1 heterocycles. The molecule has 0 unspecified atom stereocenters. The zero-order valence-electron chi connectivity index (χ0n) is 24.5. The van der Waals surface area contributed by atoms with Gasteiger partial charge in [0.1, 0.15) is 22.5 Å². The standard InChI is InChI=1S/C28H41BN4O6/c1-25(2,3)37-23(34)18-12-10-11-16(22(18)36-9)13-21(31-24(35)27(6,7)32-33-30)29-38-20-15-17-14-19(26(17,4)5)28(20,8)39-29/h10-12,17,19-21H,13-15H2,1-9H3,(H,31,35)/t17-,19-,20+,21-,28-/m0/s1. The van der Waals surface area contributed by atoms with Crippen molar-refractivity contribution in [3.05, 3.63) is 39.8 Å². The summed E-state index contributed by atoms with van der Waals surface area (Å²) in [7, 11) is 0.759. The second kappa shape index (κ2) is 10.0.